The van der Waals surface area contributed by atoms with Crippen molar-refractivity contribution < 1.29 is 0 Å². The maximum absolute atomic E-state index is 8.56. The summed E-state index contributed by atoms with van der Waals surface area (Å²) in [5.74, 6) is 0. The predicted octanol–water partition coefficient (Wildman–Crippen LogP) is 3.79. The summed E-state index contributed by atoms with van der Waals surface area (Å²) in [4.78, 5) is 1.33. The fraction of sp³-hybridized carbons (Fsp3) is 0.154. The molecule has 0 saturated heterocycles. The lowest BCUT2D eigenvalue weighted by Gasteiger charge is -1.98. The van der Waals surface area contributed by atoms with Gasteiger partial charge in [-0.3, -0.25) is 0 Å². The molecule has 0 aliphatic carbocycles. The molecular weight excluding hydrogens is 202 g/mol. The lowest BCUT2D eigenvalue weighted by atomic mass is 10.1. The molecule has 1 heterocycles. The van der Waals surface area contributed by atoms with Crippen LogP contribution in [0.4, 0.5) is 0 Å². The van der Waals surface area contributed by atoms with Crippen LogP contribution in [0, 0.1) is 18.3 Å². The molecule has 1 nitrogen and oxygen atoms in total. The quantitative estimate of drug-likeness (QED) is 0.744. The molecule has 2 rings (SSSR count). The number of rotatable bonds is 2. The Morgan fingerprint density at radius 2 is 1.93 bits per heavy atom. The Labute approximate surface area is 93.6 Å². The molecule has 74 valence electrons. The average Bonchev–Trinajstić information content (AvgIpc) is 2.67. The van der Waals surface area contributed by atoms with Gasteiger partial charge in [0.1, 0.15) is 0 Å². The molecule has 2 aromatic rings. The summed E-state index contributed by atoms with van der Waals surface area (Å²) >= 11 is 1.76. The van der Waals surface area contributed by atoms with Crippen molar-refractivity contribution in [3.8, 4) is 17.2 Å². The number of nitrogens with zero attached hydrogens (tertiary/aromatic N) is 1. The summed E-state index contributed by atoms with van der Waals surface area (Å²) in [5, 5.41) is 10.7. The van der Waals surface area contributed by atoms with E-state index >= 15 is 0 Å². The molecule has 0 spiro atoms. The molecule has 0 N–H and O–H groups in total. The highest BCUT2D eigenvalue weighted by Gasteiger charge is 1.99. The van der Waals surface area contributed by atoms with E-state index in [2.05, 4.69) is 36.6 Å². The third-order valence-electron chi connectivity index (χ3n) is 2.30. The Kier molecular flexibility index (Phi) is 2.84. The van der Waals surface area contributed by atoms with Crippen molar-refractivity contribution in [2.45, 2.75) is 13.3 Å². The maximum Gasteiger partial charge on any atom is 0.0669 e. The molecule has 0 atom stereocenters. The van der Waals surface area contributed by atoms with Crippen LogP contribution in [0.5, 0.6) is 0 Å². The molecule has 15 heavy (non-hydrogen) atoms. The Hall–Kier alpha value is -1.59. The van der Waals surface area contributed by atoms with Crippen molar-refractivity contribution >= 4 is 11.3 Å². The molecule has 0 saturated carbocycles. The van der Waals surface area contributed by atoms with E-state index in [9.17, 15) is 0 Å². The first-order valence-corrected chi connectivity index (χ1v) is 5.69. The SMILES string of the molecule is Cc1cc(-c2ccc(CC#N)cc2)cs1. The van der Waals surface area contributed by atoms with Crippen molar-refractivity contribution in [1.29, 1.82) is 5.26 Å². The second-order valence-electron chi connectivity index (χ2n) is 3.48. The minimum Gasteiger partial charge on any atom is -0.198 e. The first-order chi connectivity index (χ1) is 7.29. The van der Waals surface area contributed by atoms with Gasteiger partial charge >= 0.3 is 0 Å². The average molecular weight is 213 g/mol. The molecule has 1 aromatic carbocycles. The highest BCUT2D eigenvalue weighted by atomic mass is 32.1. The van der Waals surface area contributed by atoms with Crippen LogP contribution in [0.25, 0.3) is 11.1 Å². The van der Waals surface area contributed by atoms with Gasteiger partial charge in [-0.2, -0.15) is 5.26 Å². The lowest BCUT2D eigenvalue weighted by Crippen LogP contribution is -1.80. The highest BCUT2D eigenvalue weighted by molar-refractivity contribution is 7.10. The number of aryl methyl sites for hydroxylation is 1. The van der Waals surface area contributed by atoms with Gasteiger partial charge < -0.3 is 0 Å². The van der Waals surface area contributed by atoms with E-state index in [4.69, 9.17) is 5.26 Å². The summed E-state index contributed by atoms with van der Waals surface area (Å²) in [5.41, 5.74) is 3.57. The molecule has 1 aromatic heterocycles. The summed E-state index contributed by atoms with van der Waals surface area (Å²) in [7, 11) is 0. The standard InChI is InChI=1S/C13H11NS/c1-10-8-13(9-15-10)12-4-2-11(3-5-12)6-7-14/h2-5,8-9H,6H2,1H3. The van der Waals surface area contributed by atoms with E-state index in [1.54, 1.807) is 11.3 Å². The molecule has 0 amide bonds. The third-order valence-corrected chi connectivity index (χ3v) is 3.16. The van der Waals surface area contributed by atoms with Gasteiger partial charge in [-0.15, -0.1) is 11.3 Å². The van der Waals surface area contributed by atoms with E-state index < -0.39 is 0 Å². The van der Waals surface area contributed by atoms with Gasteiger partial charge in [-0.25, -0.2) is 0 Å². The third kappa shape index (κ3) is 2.26. The molecule has 0 unspecified atom stereocenters. The van der Waals surface area contributed by atoms with Gasteiger partial charge in [-0.1, -0.05) is 24.3 Å². The van der Waals surface area contributed by atoms with Crippen LogP contribution < -0.4 is 0 Å². The molecular formula is C13H11NS. The van der Waals surface area contributed by atoms with Crippen LogP contribution in [-0.4, -0.2) is 0 Å². The summed E-state index contributed by atoms with van der Waals surface area (Å²) in [6.07, 6.45) is 0.489. The second-order valence-corrected chi connectivity index (χ2v) is 4.59. The number of thiophene rings is 1. The molecule has 0 fully saturated rings. The number of benzene rings is 1. The van der Waals surface area contributed by atoms with Gasteiger partial charge in [-0.05, 0) is 35.1 Å². The van der Waals surface area contributed by atoms with Crippen LogP contribution in [-0.2, 0) is 6.42 Å². The highest BCUT2D eigenvalue weighted by Crippen LogP contribution is 2.25. The molecule has 0 aliphatic rings. The van der Waals surface area contributed by atoms with Crippen molar-refractivity contribution in [3.05, 3.63) is 46.2 Å². The van der Waals surface area contributed by atoms with Crippen molar-refractivity contribution in [2.75, 3.05) is 0 Å². The Morgan fingerprint density at radius 3 is 2.47 bits per heavy atom. The molecule has 2 heteroatoms. The lowest BCUT2D eigenvalue weighted by molar-refractivity contribution is 1.26. The molecule has 0 radical (unpaired) electrons. The minimum atomic E-state index is 0.489. The number of hydrogen-bond acceptors (Lipinski definition) is 2. The first-order valence-electron chi connectivity index (χ1n) is 4.81. The smallest absolute Gasteiger partial charge is 0.0669 e. The number of nitriles is 1. The minimum absolute atomic E-state index is 0.489. The van der Waals surface area contributed by atoms with Crippen LogP contribution in [0.2, 0.25) is 0 Å². The van der Waals surface area contributed by atoms with Crippen LogP contribution in [0.1, 0.15) is 10.4 Å². The van der Waals surface area contributed by atoms with Crippen LogP contribution in [0.3, 0.4) is 0 Å². The Bertz CT molecular complexity index is 488. The van der Waals surface area contributed by atoms with Crippen molar-refractivity contribution in [1.82, 2.24) is 0 Å². The Morgan fingerprint density at radius 1 is 1.20 bits per heavy atom. The second kappa shape index (κ2) is 4.29. The fourth-order valence-corrected chi connectivity index (χ4v) is 2.21. The molecule has 0 aliphatic heterocycles. The maximum atomic E-state index is 8.56. The topological polar surface area (TPSA) is 23.8 Å². The Balaban J connectivity index is 2.28. The van der Waals surface area contributed by atoms with Crippen LogP contribution in [0.15, 0.2) is 35.7 Å². The van der Waals surface area contributed by atoms with Crippen molar-refractivity contribution in [3.63, 3.8) is 0 Å². The largest absolute Gasteiger partial charge is 0.198 e. The zero-order valence-electron chi connectivity index (χ0n) is 8.53. The number of hydrogen-bond donors (Lipinski definition) is 0. The fourth-order valence-electron chi connectivity index (χ4n) is 1.50. The monoisotopic (exact) mass is 213 g/mol. The van der Waals surface area contributed by atoms with E-state index in [1.165, 1.54) is 16.0 Å². The summed E-state index contributed by atoms with van der Waals surface area (Å²) in [6, 6.07) is 12.5. The normalized spacial score (nSPS) is 9.87. The summed E-state index contributed by atoms with van der Waals surface area (Å²) in [6.45, 7) is 2.11. The van der Waals surface area contributed by atoms with E-state index in [0.29, 0.717) is 6.42 Å². The zero-order valence-corrected chi connectivity index (χ0v) is 9.34. The van der Waals surface area contributed by atoms with Gasteiger partial charge in [0.25, 0.3) is 0 Å². The van der Waals surface area contributed by atoms with E-state index in [0.717, 1.165) is 5.56 Å². The first kappa shape index (κ1) is 9.95. The van der Waals surface area contributed by atoms with Gasteiger partial charge in [0.2, 0.25) is 0 Å². The van der Waals surface area contributed by atoms with Crippen LogP contribution >= 0.6 is 11.3 Å². The van der Waals surface area contributed by atoms with Crippen molar-refractivity contribution in [2.24, 2.45) is 0 Å². The predicted molar refractivity (Wildman–Crippen MR) is 63.8 cm³/mol. The van der Waals surface area contributed by atoms with Gasteiger partial charge in [0.15, 0.2) is 0 Å². The van der Waals surface area contributed by atoms with E-state index in [1.807, 2.05) is 12.1 Å². The van der Waals surface area contributed by atoms with Gasteiger partial charge in [0.05, 0.1) is 12.5 Å². The zero-order chi connectivity index (χ0) is 10.7. The van der Waals surface area contributed by atoms with Gasteiger partial charge in [0, 0.05) is 4.88 Å². The molecule has 0 bridgehead atoms. The van der Waals surface area contributed by atoms with E-state index in [-0.39, 0.29) is 0 Å². The summed E-state index contributed by atoms with van der Waals surface area (Å²) < 4.78 is 0.